The largest absolute Gasteiger partial charge is 0.444 e. The summed E-state index contributed by atoms with van der Waals surface area (Å²) in [6.45, 7) is 12.3. The van der Waals surface area contributed by atoms with Crippen molar-refractivity contribution in [1.82, 2.24) is 24.4 Å². The molecule has 0 aliphatic carbocycles. The van der Waals surface area contributed by atoms with Gasteiger partial charge in [0.2, 0.25) is 0 Å². The first-order valence-corrected chi connectivity index (χ1v) is 13.0. The molecule has 5 rings (SSSR count). The third-order valence-electron chi connectivity index (χ3n) is 6.56. The van der Waals surface area contributed by atoms with Gasteiger partial charge in [0, 0.05) is 30.3 Å². The molecule has 0 saturated carbocycles. The van der Waals surface area contributed by atoms with Gasteiger partial charge in [0.1, 0.15) is 34.4 Å². The molecule has 204 valence electrons. The average Bonchev–Trinajstić information content (AvgIpc) is 3.20. The van der Waals surface area contributed by atoms with Gasteiger partial charge in [-0.25, -0.2) is 28.5 Å². The Bertz CT molecular complexity index is 1570. The highest BCUT2D eigenvalue weighted by molar-refractivity contribution is 5.84. The molecule has 3 aromatic heterocycles. The molecule has 0 saturated heterocycles. The Morgan fingerprint density at radius 3 is 2.56 bits per heavy atom. The van der Waals surface area contributed by atoms with E-state index in [1.807, 2.05) is 52.2 Å². The fourth-order valence-electron chi connectivity index (χ4n) is 4.90. The summed E-state index contributed by atoms with van der Waals surface area (Å²) in [6.07, 6.45) is 1.34. The maximum absolute atomic E-state index is 15.0. The van der Waals surface area contributed by atoms with Crippen LogP contribution >= 0.6 is 0 Å². The second-order valence-electron chi connectivity index (χ2n) is 11.1. The van der Waals surface area contributed by atoms with E-state index in [4.69, 9.17) is 9.72 Å². The average molecular weight is 535 g/mol. The second kappa shape index (κ2) is 9.91. The first kappa shape index (κ1) is 26.5. The van der Waals surface area contributed by atoms with Gasteiger partial charge in [-0.05, 0) is 76.9 Å². The number of hydrogen-bond acceptors (Lipinski definition) is 6. The molecular formula is C29H32F2N6O2. The predicted octanol–water partition coefficient (Wildman–Crippen LogP) is 6.70. The van der Waals surface area contributed by atoms with Crippen LogP contribution in [0.2, 0.25) is 0 Å². The number of imidazole rings is 1. The monoisotopic (exact) mass is 534 g/mol. The zero-order valence-electron chi connectivity index (χ0n) is 23.0. The molecule has 0 unspecified atom stereocenters. The Hall–Kier alpha value is -4.08. The number of hydrogen-bond donors (Lipinski definition) is 1. The molecule has 0 radical (unpaired) electrons. The van der Waals surface area contributed by atoms with Crippen molar-refractivity contribution in [2.75, 3.05) is 11.9 Å². The van der Waals surface area contributed by atoms with Crippen LogP contribution < -0.4 is 5.32 Å². The van der Waals surface area contributed by atoms with E-state index < -0.39 is 17.2 Å². The van der Waals surface area contributed by atoms with Gasteiger partial charge in [0.25, 0.3) is 0 Å². The van der Waals surface area contributed by atoms with Crippen LogP contribution in [0.5, 0.6) is 0 Å². The topological polar surface area (TPSA) is 85.2 Å². The summed E-state index contributed by atoms with van der Waals surface area (Å²) in [6, 6.07) is 8.37. The first-order valence-electron chi connectivity index (χ1n) is 13.0. The van der Waals surface area contributed by atoms with Crippen LogP contribution in [0.25, 0.3) is 22.2 Å². The van der Waals surface area contributed by atoms with Crippen molar-refractivity contribution in [2.24, 2.45) is 0 Å². The van der Waals surface area contributed by atoms with Gasteiger partial charge in [-0.2, -0.15) is 0 Å². The number of carbonyl (C=O) groups is 1. The Labute approximate surface area is 226 Å². The van der Waals surface area contributed by atoms with Crippen molar-refractivity contribution >= 4 is 28.8 Å². The third kappa shape index (κ3) is 5.41. The Kier molecular flexibility index (Phi) is 6.74. The summed E-state index contributed by atoms with van der Waals surface area (Å²) < 4.78 is 37.4. The van der Waals surface area contributed by atoms with E-state index in [9.17, 15) is 9.18 Å². The highest BCUT2D eigenvalue weighted by atomic mass is 19.1. The molecule has 0 atom stereocenters. The number of pyridine rings is 2. The Morgan fingerprint density at radius 2 is 1.85 bits per heavy atom. The van der Waals surface area contributed by atoms with E-state index >= 15 is 4.39 Å². The Balaban J connectivity index is 1.40. The van der Waals surface area contributed by atoms with Crippen molar-refractivity contribution in [1.29, 1.82) is 0 Å². The predicted molar refractivity (Wildman–Crippen MR) is 146 cm³/mol. The van der Waals surface area contributed by atoms with Gasteiger partial charge < -0.3 is 19.5 Å². The fourth-order valence-corrected chi connectivity index (χ4v) is 4.90. The van der Waals surface area contributed by atoms with Gasteiger partial charge in [-0.15, -0.1) is 0 Å². The van der Waals surface area contributed by atoms with E-state index in [0.717, 1.165) is 17.5 Å². The van der Waals surface area contributed by atoms with Crippen LogP contribution in [-0.2, 0) is 17.7 Å². The molecule has 1 aliphatic heterocycles. The molecule has 8 nitrogen and oxygen atoms in total. The number of aryl methyl sites for hydroxylation is 1. The van der Waals surface area contributed by atoms with Gasteiger partial charge in [0.05, 0.1) is 18.3 Å². The van der Waals surface area contributed by atoms with E-state index in [2.05, 4.69) is 15.3 Å². The van der Waals surface area contributed by atoms with E-state index in [1.54, 1.807) is 23.1 Å². The van der Waals surface area contributed by atoms with E-state index in [1.165, 1.54) is 6.07 Å². The molecule has 1 amide bonds. The molecule has 0 bridgehead atoms. The molecule has 1 aromatic carbocycles. The second-order valence-corrected chi connectivity index (χ2v) is 11.1. The van der Waals surface area contributed by atoms with Gasteiger partial charge >= 0.3 is 6.09 Å². The maximum Gasteiger partial charge on any atom is 0.410 e. The number of benzene rings is 1. The number of ether oxygens (including phenoxy) is 1. The summed E-state index contributed by atoms with van der Waals surface area (Å²) >= 11 is 0. The number of anilines is 2. The molecule has 1 aliphatic rings. The van der Waals surface area contributed by atoms with Crippen molar-refractivity contribution in [3.63, 3.8) is 0 Å². The minimum atomic E-state index is -0.563. The van der Waals surface area contributed by atoms with Crippen molar-refractivity contribution in [3.8, 4) is 11.1 Å². The number of amides is 1. The van der Waals surface area contributed by atoms with Crippen molar-refractivity contribution < 1.29 is 18.3 Å². The van der Waals surface area contributed by atoms with Crippen LogP contribution in [0.1, 0.15) is 57.7 Å². The quantitative estimate of drug-likeness (QED) is 0.314. The van der Waals surface area contributed by atoms with Crippen LogP contribution in [0, 0.1) is 18.6 Å². The zero-order valence-corrected chi connectivity index (χ0v) is 23.0. The van der Waals surface area contributed by atoms with Gasteiger partial charge in [0.15, 0.2) is 5.82 Å². The number of nitrogens with one attached hydrogen (secondary N) is 1. The van der Waals surface area contributed by atoms with Crippen LogP contribution in [0.4, 0.5) is 25.2 Å². The number of carbonyl (C=O) groups excluding carboxylic acids is 1. The molecule has 4 heterocycles. The van der Waals surface area contributed by atoms with Gasteiger partial charge in [-0.1, -0.05) is 6.07 Å². The summed E-state index contributed by atoms with van der Waals surface area (Å²) in [7, 11) is 0. The van der Waals surface area contributed by atoms with Crippen LogP contribution in [0.15, 0.2) is 36.5 Å². The summed E-state index contributed by atoms with van der Waals surface area (Å²) in [5.74, 6) is 0.542. The standard InChI is InChI=1S/C29H32F2N6O2/c1-16(2)37-17(3)33-27-21(30)11-19(12-24(27)37)20-13-26(32-14-22(20)31)35-25-8-7-18-15-36(10-9-23(18)34-25)28(38)39-29(4,5)6/h7-8,11-14,16H,9-10,15H2,1-6H3,(H,32,34,35). The van der Waals surface area contributed by atoms with Crippen LogP contribution in [0.3, 0.4) is 0 Å². The maximum atomic E-state index is 15.0. The minimum Gasteiger partial charge on any atom is -0.444 e. The van der Waals surface area contributed by atoms with Crippen LogP contribution in [-0.4, -0.2) is 42.7 Å². The normalized spacial score (nSPS) is 13.6. The number of fused-ring (bicyclic) bond motifs is 2. The number of nitrogens with zero attached hydrogens (tertiary/aromatic N) is 5. The lowest BCUT2D eigenvalue weighted by atomic mass is 10.0. The van der Waals surface area contributed by atoms with E-state index in [0.29, 0.717) is 48.1 Å². The number of aromatic nitrogens is 4. The lowest BCUT2D eigenvalue weighted by Gasteiger charge is -2.30. The minimum absolute atomic E-state index is 0.0652. The molecular weight excluding hydrogens is 502 g/mol. The summed E-state index contributed by atoms with van der Waals surface area (Å²) in [5.41, 5.74) is 2.73. The molecule has 4 aromatic rings. The molecule has 0 spiro atoms. The van der Waals surface area contributed by atoms with Crippen molar-refractivity contribution in [3.05, 3.63) is 65.2 Å². The molecule has 39 heavy (non-hydrogen) atoms. The number of halogens is 2. The van der Waals surface area contributed by atoms with Crippen molar-refractivity contribution in [2.45, 2.75) is 66.2 Å². The number of rotatable bonds is 4. The van der Waals surface area contributed by atoms with E-state index in [-0.39, 0.29) is 23.2 Å². The molecule has 0 fully saturated rings. The van der Waals surface area contributed by atoms with Gasteiger partial charge in [-0.3, -0.25) is 0 Å². The smallest absolute Gasteiger partial charge is 0.410 e. The summed E-state index contributed by atoms with van der Waals surface area (Å²) in [5, 5.41) is 3.14. The first-order chi connectivity index (χ1) is 18.4. The molecule has 10 heteroatoms. The molecule has 1 N–H and O–H groups in total. The lowest BCUT2D eigenvalue weighted by molar-refractivity contribution is 0.0223. The highest BCUT2D eigenvalue weighted by Crippen LogP contribution is 2.32. The fraction of sp³-hybridized carbons (Fsp3) is 0.379. The lowest BCUT2D eigenvalue weighted by Crippen LogP contribution is -2.40. The third-order valence-corrected chi connectivity index (χ3v) is 6.56. The highest BCUT2D eigenvalue weighted by Gasteiger charge is 2.26. The summed E-state index contributed by atoms with van der Waals surface area (Å²) in [4.78, 5) is 27.3. The SMILES string of the molecule is Cc1nc2c(F)cc(-c3cc(Nc4ccc5c(n4)CCN(C(=O)OC(C)(C)C)C5)ncc3F)cc2n1C(C)C. The zero-order chi connectivity index (χ0) is 28.1. The Morgan fingerprint density at radius 1 is 1.08 bits per heavy atom.